The summed E-state index contributed by atoms with van der Waals surface area (Å²) in [4.78, 5) is 15.3. The molecule has 0 saturated heterocycles. The lowest BCUT2D eigenvalue weighted by molar-refractivity contribution is 0.0691. The monoisotopic (exact) mass is 321 g/mol. The Morgan fingerprint density at radius 3 is 2.79 bits per heavy atom. The van der Waals surface area contributed by atoms with Crippen LogP contribution in [0.4, 0.5) is 0 Å². The number of nitrogens with zero attached hydrogens (tertiary/aromatic N) is 1. The number of carbonyl (C=O) groups is 1. The van der Waals surface area contributed by atoms with Crippen molar-refractivity contribution < 1.29 is 14.6 Å². The number of pyridine rings is 1. The second kappa shape index (κ2) is 6.33. The average molecular weight is 322 g/mol. The number of hydrogen-bond acceptors (Lipinski definition) is 3. The molecule has 19 heavy (non-hydrogen) atoms. The Kier molecular flexibility index (Phi) is 4.52. The van der Waals surface area contributed by atoms with Gasteiger partial charge in [-0.2, -0.15) is 0 Å². The number of hydrogen-bond donors (Lipinski definition) is 1. The molecular formula is C14H12BrNO3. The molecule has 0 amide bonds. The van der Waals surface area contributed by atoms with Crippen molar-refractivity contribution in [3.8, 4) is 5.75 Å². The van der Waals surface area contributed by atoms with Crippen molar-refractivity contribution in [2.75, 3.05) is 6.61 Å². The number of rotatable bonds is 5. The van der Waals surface area contributed by atoms with Gasteiger partial charge in [0, 0.05) is 22.8 Å². The van der Waals surface area contributed by atoms with Crippen LogP contribution >= 0.6 is 15.9 Å². The highest BCUT2D eigenvalue weighted by Gasteiger charge is 2.14. The largest absolute Gasteiger partial charge is 0.492 e. The van der Waals surface area contributed by atoms with Crippen LogP contribution in [0.3, 0.4) is 0 Å². The standard InChI is InChI=1S/C14H12BrNO3/c15-11-5-3-6-12(13(11)14(17)18)19-9-7-10-4-1-2-8-16-10/h1-6,8H,7,9H2,(H,17,18). The van der Waals surface area contributed by atoms with Gasteiger partial charge in [-0.25, -0.2) is 4.79 Å². The van der Waals surface area contributed by atoms with Crippen molar-refractivity contribution in [3.63, 3.8) is 0 Å². The highest BCUT2D eigenvalue weighted by atomic mass is 79.9. The van der Waals surface area contributed by atoms with E-state index in [0.29, 0.717) is 23.2 Å². The van der Waals surface area contributed by atoms with Crippen molar-refractivity contribution in [1.82, 2.24) is 4.98 Å². The van der Waals surface area contributed by atoms with E-state index in [1.165, 1.54) is 0 Å². The van der Waals surface area contributed by atoms with Crippen molar-refractivity contribution in [2.45, 2.75) is 6.42 Å². The van der Waals surface area contributed by atoms with Crippen molar-refractivity contribution in [1.29, 1.82) is 0 Å². The van der Waals surface area contributed by atoms with Gasteiger partial charge in [0.25, 0.3) is 0 Å². The molecular weight excluding hydrogens is 310 g/mol. The molecule has 1 aromatic carbocycles. The maximum atomic E-state index is 11.2. The lowest BCUT2D eigenvalue weighted by atomic mass is 10.2. The molecule has 0 spiro atoms. The fraction of sp³-hybridized carbons (Fsp3) is 0.143. The summed E-state index contributed by atoms with van der Waals surface area (Å²) in [5.41, 5.74) is 1.05. The molecule has 0 unspecified atom stereocenters. The summed E-state index contributed by atoms with van der Waals surface area (Å²) in [5, 5.41) is 9.14. The Morgan fingerprint density at radius 1 is 1.26 bits per heavy atom. The average Bonchev–Trinajstić information content (AvgIpc) is 2.39. The quantitative estimate of drug-likeness (QED) is 0.918. The van der Waals surface area contributed by atoms with Crippen LogP contribution in [0.25, 0.3) is 0 Å². The number of benzene rings is 1. The van der Waals surface area contributed by atoms with Gasteiger partial charge >= 0.3 is 5.97 Å². The predicted molar refractivity (Wildman–Crippen MR) is 74.5 cm³/mol. The third-order valence-corrected chi connectivity index (χ3v) is 3.19. The number of ether oxygens (including phenoxy) is 1. The van der Waals surface area contributed by atoms with Crippen LogP contribution in [0.1, 0.15) is 16.1 Å². The van der Waals surface area contributed by atoms with Crippen LogP contribution in [0.2, 0.25) is 0 Å². The Hall–Kier alpha value is -1.88. The van der Waals surface area contributed by atoms with Crippen LogP contribution in [0.5, 0.6) is 5.75 Å². The highest BCUT2D eigenvalue weighted by Crippen LogP contribution is 2.26. The molecule has 0 aliphatic heterocycles. The molecule has 98 valence electrons. The molecule has 0 bridgehead atoms. The second-order valence-electron chi connectivity index (χ2n) is 3.84. The number of carboxylic acid groups (broad SMARTS) is 1. The van der Waals surface area contributed by atoms with Gasteiger partial charge in [0.15, 0.2) is 0 Å². The number of halogens is 1. The van der Waals surface area contributed by atoms with E-state index in [-0.39, 0.29) is 5.56 Å². The third-order valence-electron chi connectivity index (χ3n) is 2.53. The zero-order valence-electron chi connectivity index (χ0n) is 10.0. The maximum Gasteiger partial charge on any atom is 0.340 e. The lowest BCUT2D eigenvalue weighted by Crippen LogP contribution is -2.07. The van der Waals surface area contributed by atoms with Crippen LogP contribution in [0, 0.1) is 0 Å². The molecule has 0 aliphatic rings. The normalized spacial score (nSPS) is 10.2. The fourth-order valence-corrected chi connectivity index (χ4v) is 2.16. The van der Waals surface area contributed by atoms with E-state index in [4.69, 9.17) is 9.84 Å². The molecule has 0 saturated carbocycles. The molecule has 2 rings (SSSR count). The topological polar surface area (TPSA) is 59.4 Å². The minimum atomic E-state index is -1.01. The third kappa shape index (κ3) is 3.54. The molecule has 0 fully saturated rings. The van der Waals surface area contributed by atoms with Crippen molar-refractivity contribution in [3.05, 3.63) is 58.3 Å². The van der Waals surface area contributed by atoms with E-state index in [1.807, 2.05) is 18.2 Å². The van der Waals surface area contributed by atoms with Crippen LogP contribution < -0.4 is 4.74 Å². The zero-order chi connectivity index (χ0) is 13.7. The minimum Gasteiger partial charge on any atom is -0.492 e. The molecule has 5 heteroatoms. The first-order chi connectivity index (χ1) is 9.18. The van der Waals surface area contributed by atoms with E-state index in [1.54, 1.807) is 24.4 Å². The Balaban J connectivity index is 2.04. The number of aromatic carboxylic acids is 1. The molecule has 0 aliphatic carbocycles. The maximum absolute atomic E-state index is 11.2. The molecule has 0 radical (unpaired) electrons. The van der Waals surface area contributed by atoms with E-state index in [2.05, 4.69) is 20.9 Å². The minimum absolute atomic E-state index is 0.142. The van der Waals surface area contributed by atoms with Gasteiger partial charge in [-0.05, 0) is 40.2 Å². The summed E-state index contributed by atoms with van der Waals surface area (Å²) in [6, 6.07) is 10.7. The Bertz CT molecular complexity index is 572. The molecule has 1 N–H and O–H groups in total. The van der Waals surface area contributed by atoms with Crippen LogP contribution in [-0.4, -0.2) is 22.7 Å². The molecule has 4 nitrogen and oxygen atoms in total. The van der Waals surface area contributed by atoms with Crippen molar-refractivity contribution in [2.24, 2.45) is 0 Å². The van der Waals surface area contributed by atoms with E-state index in [0.717, 1.165) is 5.69 Å². The molecule has 2 aromatic rings. The predicted octanol–water partition coefficient (Wildman–Crippen LogP) is 3.16. The first-order valence-electron chi connectivity index (χ1n) is 5.73. The van der Waals surface area contributed by atoms with Gasteiger partial charge in [0.1, 0.15) is 11.3 Å². The van der Waals surface area contributed by atoms with Crippen molar-refractivity contribution >= 4 is 21.9 Å². The second-order valence-corrected chi connectivity index (χ2v) is 4.69. The van der Waals surface area contributed by atoms with Crippen LogP contribution in [0.15, 0.2) is 47.1 Å². The molecule has 0 atom stereocenters. The van der Waals surface area contributed by atoms with E-state index < -0.39 is 5.97 Å². The first kappa shape index (κ1) is 13.5. The summed E-state index contributed by atoms with van der Waals surface area (Å²) in [5.74, 6) is -0.655. The van der Waals surface area contributed by atoms with Gasteiger partial charge < -0.3 is 9.84 Å². The summed E-state index contributed by atoms with van der Waals surface area (Å²) >= 11 is 3.21. The highest BCUT2D eigenvalue weighted by molar-refractivity contribution is 9.10. The Labute approximate surface area is 119 Å². The fourth-order valence-electron chi connectivity index (χ4n) is 1.64. The summed E-state index contributed by atoms with van der Waals surface area (Å²) in [6.07, 6.45) is 2.35. The lowest BCUT2D eigenvalue weighted by Gasteiger charge is -2.10. The van der Waals surface area contributed by atoms with E-state index in [9.17, 15) is 4.79 Å². The van der Waals surface area contributed by atoms with Gasteiger partial charge in [-0.1, -0.05) is 12.1 Å². The molecule has 1 heterocycles. The van der Waals surface area contributed by atoms with Crippen LogP contribution in [-0.2, 0) is 6.42 Å². The first-order valence-corrected chi connectivity index (χ1v) is 6.52. The summed E-state index contributed by atoms with van der Waals surface area (Å²) in [6.45, 7) is 0.383. The summed E-state index contributed by atoms with van der Waals surface area (Å²) < 4.78 is 6.04. The summed E-state index contributed by atoms with van der Waals surface area (Å²) in [7, 11) is 0. The van der Waals surface area contributed by atoms with Gasteiger partial charge in [0.05, 0.1) is 6.61 Å². The number of carboxylic acids is 1. The zero-order valence-corrected chi connectivity index (χ0v) is 11.6. The van der Waals surface area contributed by atoms with Gasteiger partial charge in [0.2, 0.25) is 0 Å². The van der Waals surface area contributed by atoms with Gasteiger partial charge in [-0.15, -0.1) is 0 Å². The van der Waals surface area contributed by atoms with E-state index >= 15 is 0 Å². The number of aromatic nitrogens is 1. The Morgan fingerprint density at radius 2 is 2.11 bits per heavy atom. The van der Waals surface area contributed by atoms with Gasteiger partial charge in [-0.3, -0.25) is 4.98 Å². The SMILES string of the molecule is O=C(O)c1c(Br)cccc1OCCc1ccccn1. The smallest absolute Gasteiger partial charge is 0.340 e. The molecule has 1 aromatic heterocycles.